The third kappa shape index (κ3) is 4.19. The summed E-state index contributed by atoms with van der Waals surface area (Å²) in [7, 11) is 0. The molecule has 1 aromatic heterocycles. The molecule has 0 radical (unpaired) electrons. The van der Waals surface area contributed by atoms with E-state index >= 15 is 0 Å². The third-order valence-corrected chi connectivity index (χ3v) is 2.94. The molecule has 0 bridgehead atoms. The van der Waals surface area contributed by atoms with Crippen LogP contribution in [-0.4, -0.2) is 24.0 Å². The Kier molecular flexibility index (Phi) is 5.72. The predicted octanol–water partition coefficient (Wildman–Crippen LogP) is 3.78. The molecule has 22 heavy (non-hydrogen) atoms. The lowest BCUT2D eigenvalue weighted by Crippen LogP contribution is -2.03. The maximum absolute atomic E-state index is 12.4. The van der Waals surface area contributed by atoms with Gasteiger partial charge in [-0.1, -0.05) is 6.07 Å². The largest absolute Gasteiger partial charge is 0.494 e. The van der Waals surface area contributed by atoms with Crippen molar-refractivity contribution in [2.75, 3.05) is 13.2 Å². The van der Waals surface area contributed by atoms with Gasteiger partial charge in [0.25, 0.3) is 0 Å². The Hall–Kier alpha value is -2.62. The number of allylic oxidation sites excluding steroid dienone is 1. The lowest BCUT2D eigenvalue weighted by atomic mass is 10.1. The number of hydrogen-bond acceptors (Lipinski definition) is 4. The fourth-order valence-corrected chi connectivity index (χ4v) is 1.98. The molecule has 0 fully saturated rings. The van der Waals surface area contributed by atoms with Crippen LogP contribution in [-0.2, 0) is 0 Å². The van der Waals surface area contributed by atoms with Crippen molar-refractivity contribution in [1.82, 2.24) is 4.98 Å². The van der Waals surface area contributed by atoms with Gasteiger partial charge in [0, 0.05) is 12.4 Å². The Labute approximate surface area is 130 Å². The van der Waals surface area contributed by atoms with E-state index in [2.05, 4.69) is 4.98 Å². The highest BCUT2D eigenvalue weighted by Crippen LogP contribution is 2.25. The van der Waals surface area contributed by atoms with Crippen LogP contribution in [0, 0.1) is 0 Å². The summed E-state index contributed by atoms with van der Waals surface area (Å²) in [6.07, 6.45) is 6.64. The highest BCUT2D eigenvalue weighted by Gasteiger charge is 2.11. The van der Waals surface area contributed by atoms with Crippen molar-refractivity contribution in [2.45, 2.75) is 13.8 Å². The van der Waals surface area contributed by atoms with Gasteiger partial charge in [-0.15, -0.1) is 0 Å². The van der Waals surface area contributed by atoms with E-state index in [1.807, 2.05) is 26.0 Å². The number of ether oxygens (including phenoxy) is 2. The highest BCUT2D eigenvalue weighted by atomic mass is 16.5. The first-order valence-electron chi connectivity index (χ1n) is 7.26. The molecule has 2 rings (SSSR count). The molecule has 0 unspecified atom stereocenters. The molecule has 0 aliphatic carbocycles. The van der Waals surface area contributed by atoms with Gasteiger partial charge >= 0.3 is 0 Å². The zero-order chi connectivity index (χ0) is 15.8. The Morgan fingerprint density at radius 1 is 1.18 bits per heavy atom. The molecule has 0 aliphatic rings. The van der Waals surface area contributed by atoms with E-state index < -0.39 is 0 Å². The normalized spacial score (nSPS) is 10.6. The van der Waals surface area contributed by atoms with Crippen LogP contribution in [0.25, 0.3) is 6.08 Å². The predicted molar refractivity (Wildman–Crippen MR) is 86.4 cm³/mol. The number of ketones is 1. The molecule has 0 atom stereocenters. The summed E-state index contributed by atoms with van der Waals surface area (Å²) in [5.41, 5.74) is 1.36. The smallest absolute Gasteiger partial charge is 0.189 e. The van der Waals surface area contributed by atoms with Crippen LogP contribution in [0.5, 0.6) is 11.5 Å². The summed E-state index contributed by atoms with van der Waals surface area (Å²) in [5.74, 6) is 1.09. The fourth-order valence-electron chi connectivity index (χ4n) is 1.98. The molecule has 0 saturated heterocycles. The minimum atomic E-state index is -0.131. The van der Waals surface area contributed by atoms with E-state index in [0.717, 1.165) is 5.56 Å². The standard InChI is InChI=1S/C18H19NO3/c1-3-21-15-8-10-18(22-4-2)16(12-15)17(20)9-7-14-6-5-11-19-13-14/h5-13H,3-4H2,1-2H3. The van der Waals surface area contributed by atoms with E-state index in [4.69, 9.17) is 9.47 Å². The summed E-state index contributed by atoms with van der Waals surface area (Å²) < 4.78 is 11.0. The summed E-state index contributed by atoms with van der Waals surface area (Å²) in [4.78, 5) is 16.4. The number of hydrogen-bond donors (Lipinski definition) is 0. The zero-order valence-corrected chi connectivity index (χ0v) is 12.8. The second kappa shape index (κ2) is 7.98. The molecule has 114 valence electrons. The number of benzene rings is 1. The van der Waals surface area contributed by atoms with Gasteiger partial charge in [-0.2, -0.15) is 0 Å². The number of carbonyl (C=O) groups is 1. The molecule has 1 heterocycles. The SMILES string of the molecule is CCOc1ccc(OCC)c(C(=O)C=Cc2cccnc2)c1. The minimum Gasteiger partial charge on any atom is -0.494 e. The third-order valence-electron chi connectivity index (χ3n) is 2.94. The van der Waals surface area contributed by atoms with Gasteiger partial charge in [0.2, 0.25) is 0 Å². The summed E-state index contributed by atoms with van der Waals surface area (Å²) >= 11 is 0. The van der Waals surface area contributed by atoms with Gasteiger partial charge in [-0.3, -0.25) is 9.78 Å². The Balaban J connectivity index is 2.26. The first-order chi connectivity index (χ1) is 10.7. The lowest BCUT2D eigenvalue weighted by molar-refractivity contribution is 0.104. The number of rotatable bonds is 7. The highest BCUT2D eigenvalue weighted by molar-refractivity contribution is 6.08. The number of aromatic nitrogens is 1. The molecule has 0 amide bonds. The van der Waals surface area contributed by atoms with Gasteiger partial charge in [0.1, 0.15) is 11.5 Å². The number of carbonyl (C=O) groups excluding carboxylic acids is 1. The van der Waals surface area contributed by atoms with E-state index in [9.17, 15) is 4.79 Å². The second-order valence-corrected chi connectivity index (χ2v) is 4.51. The monoisotopic (exact) mass is 297 g/mol. The molecule has 4 nitrogen and oxygen atoms in total. The van der Waals surface area contributed by atoms with Crippen LogP contribution in [0.1, 0.15) is 29.8 Å². The van der Waals surface area contributed by atoms with Crippen LogP contribution in [0.2, 0.25) is 0 Å². The molecular formula is C18H19NO3. The first kappa shape index (κ1) is 15.8. The van der Waals surface area contributed by atoms with E-state index in [-0.39, 0.29) is 5.78 Å². The summed E-state index contributed by atoms with van der Waals surface area (Å²) in [5, 5.41) is 0. The lowest BCUT2D eigenvalue weighted by Gasteiger charge is -2.10. The van der Waals surface area contributed by atoms with Gasteiger partial charge in [0.15, 0.2) is 5.78 Å². The van der Waals surface area contributed by atoms with Crippen molar-refractivity contribution in [3.8, 4) is 11.5 Å². The fraction of sp³-hybridized carbons (Fsp3) is 0.222. The average molecular weight is 297 g/mol. The van der Waals surface area contributed by atoms with Crippen LogP contribution in [0.4, 0.5) is 0 Å². The van der Waals surface area contributed by atoms with Crippen molar-refractivity contribution < 1.29 is 14.3 Å². The van der Waals surface area contributed by atoms with Crippen LogP contribution in [0.15, 0.2) is 48.8 Å². The van der Waals surface area contributed by atoms with Gasteiger partial charge in [-0.05, 0) is 55.8 Å². The molecule has 0 spiro atoms. The van der Waals surface area contributed by atoms with Crippen LogP contribution >= 0.6 is 0 Å². The topological polar surface area (TPSA) is 48.4 Å². The van der Waals surface area contributed by atoms with Crippen molar-refractivity contribution in [3.05, 3.63) is 59.9 Å². The zero-order valence-electron chi connectivity index (χ0n) is 12.8. The van der Waals surface area contributed by atoms with Gasteiger partial charge in [-0.25, -0.2) is 0 Å². The Morgan fingerprint density at radius 2 is 2.00 bits per heavy atom. The molecule has 0 saturated carbocycles. The van der Waals surface area contributed by atoms with Gasteiger partial charge in [0.05, 0.1) is 18.8 Å². The first-order valence-corrected chi connectivity index (χ1v) is 7.26. The Bertz CT molecular complexity index is 651. The maximum Gasteiger partial charge on any atom is 0.189 e. The average Bonchev–Trinajstić information content (AvgIpc) is 2.55. The van der Waals surface area contributed by atoms with Crippen LogP contribution < -0.4 is 9.47 Å². The van der Waals surface area contributed by atoms with E-state index in [1.54, 1.807) is 36.7 Å². The number of nitrogens with zero attached hydrogens (tertiary/aromatic N) is 1. The maximum atomic E-state index is 12.4. The second-order valence-electron chi connectivity index (χ2n) is 4.51. The van der Waals surface area contributed by atoms with Gasteiger partial charge < -0.3 is 9.47 Å². The summed E-state index contributed by atoms with van der Waals surface area (Å²) in [6, 6.07) is 8.99. The van der Waals surface area contributed by atoms with Crippen LogP contribution in [0.3, 0.4) is 0 Å². The van der Waals surface area contributed by atoms with Crippen molar-refractivity contribution in [3.63, 3.8) is 0 Å². The van der Waals surface area contributed by atoms with Crippen molar-refractivity contribution in [2.24, 2.45) is 0 Å². The Morgan fingerprint density at radius 3 is 2.68 bits per heavy atom. The summed E-state index contributed by atoms with van der Waals surface area (Å²) in [6.45, 7) is 4.84. The molecule has 0 aliphatic heterocycles. The molecule has 2 aromatic rings. The van der Waals surface area contributed by atoms with E-state index in [0.29, 0.717) is 30.3 Å². The quantitative estimate of drug-likeness (QED) is 0.576. The van der Waals surface area contributed by atoms with Crippen molar-refractivity contribution >= 4 is 11.9 Å². The van der Waals surface area contributed by atoms with Crippen molar-refractivity contribution in [1.29, 1.82) is 0 Å². The molecule has 1 aromatic carbocycles. The minimum absolute atomic E-state index is 0.131. The molecule has 4 heteroatoms. The molecular weight excluding hydrogens is 278 g/mol. The number of pyridine rings is 1. The van der Waals surface area contributed by atoms with E-state index in [1.165, 1.54) is 6.08 Å². The molecule has 0 N–H and O–H groups in total.